The Labute approximate surface area is 93.2 Å². The number of ether oxygens (including phenoxy) is 1. The molecule has 2 rings (SSSR count). The zero-order chi connectivity index (χ0) is 10.1. The van der Waals surface area contributed by atoms with E-state index >= 15 is 0 Å². The molecule has 14 heavy (non-hydrogen) atoms. The zero-order valence-electron chi connectivity index (χ0n) is 7.81. The fourth-order valence-corrected chi connectivity index (χ4v) is 2.19. The van der Waals surface area contributed by atoms with E-state index in [1.807, 2.05) is 6.07 Å². The fourth-order valence-electron chi connectivity index (χ4n) is 1.61. The Morgan fingerprint density at radius 2 is 2.14 bits per heavy atom. The lowest BCUT2D eigenvalue weighted by molar-refractivity contribution is 0.353. The van der Waals surface area contributed by atoms with E-state index in [1.54, 1.807) is 13.2 Å². The van der Waals surface area contributed by atoms with Gasteiger partial charge in [0.2, 0.25) is 0 Å². The van der Waals surface area contributed by atoms with Crippen LogP contribution in [-0.2, 0) is 0 Å². The van der Waals surface area contributed by atoms with Gasteiger partial charge < -0.3 is 10.1 Å². The summed E-state index contributed by atoms with van der Waals surface area (Å²) in [5, 5.41) is 4.52. The molecule has 1 saturated heterocycles. The van der Waals surface area contributed by atoms with E-state index in [0.29, 0.717) is 16.1 Å². The van der Waals surface area contributed by atoms with Crippen LogP contribution in [0.4, 0.5) is 0 Å². The summed E-state index contributed by atoms with van der Waals surface area (Å²) in [5.74, 6) is 0.730. The Kier molecular flexibility index (Phi) is 2.86. The van der Waals surface area contributed by atoms with Crippen LogP contribution >= 0.6 is 23.2 Å². The molecule has 1 aliphatic heterocycles. The molecule has 1 aromatic rings. The van der Waals surface area contributed by atoms with E-state index in [4.69, 9.17) is 27.9 Å². The fraction of sp³-hybridized carbons (Fsp3) is 0.400. The number of nitrogens with one attached hydrogen (secondary N) is 1. The highest BCUT2D eigenvalue weighted by Gasteiger charge is 2.23. The third-order valence-corrected chi connectivity index (χ3v) is 2.94. The lowest BCUT2D eigenvalue weighted by Crippen LogP contribution is -2.35. The summed E-state index contributed by atoms with van der Waals surface area (Å²) in [5.41, 5.74) is 1.05. The van der Waals surface area contributed by atoms with Gasteiger partial charge in [-0.2, -0.15) is 0 Å². The maximum absolute atomic E-state index is 6.02. The number of hydrogen-bond donors (Lipinski definition) is 1. The minimum atomic E-state index is 0.334. The van der Waals surface area contributed by atoms with Crippen molar-refractivity contribution in [2.45, 2.75) is 12.5 Å². The van der Waals surface area contributed by atoms with E-state index in [0.717, 1.165) is 24.3 Å². The Hall–Kier alpha value is -0.440. The number of rotatable bonds is 2. The molecule has 2 nitrogen and oxygen atoms in total. The third kappa shape index (κ3) is 1.70. The minimum absolute atomic E-state index is 0.334. The van der Waals surface area contributed by atoms with Gasteiger partial charge in [-0.3, -0.25) is 0 Å². The number of methoxy groups -OCH3 is 1. The third-order valence-electron chi connectivity index (χ3n) is 2.44. The summed E-state index contributed by atoms with van der Waals surface area (Å²) in [6, 6.07) is 3.94. The molecule has 0 aromatic heterocycles. The topological polar surface area (TPSA) is 21.3 Å². The van der Waals surface area contributed by atoms with Gasteiger partial charge in [0.1, 0.15) is 5.75 Å². The van der Waals surface area contributed by atoms with E-state index in [1.165, 1.54) is 0 Å². The molecule has 4 heteroatoms. The van der Waals surface area contributed by atoms with Crippen molar-refractivity contribution >= 4 is 23.2 Å². The van der Waals surface area contributed by atoms with Gasteiger partial charge in [-0.15, -0.1) is 0 Å². The lowest BCUT2D eigenvalue weighted by Gasteiger charge is -2.29. The first-order valence-corrected chi connectivity index (χ1v) is 5.24. The van der Waals surface area contributed by atoms with Crippen LogP contribution in [0.5, 0.6) is 5.75 Å². The number of hydrogen-bond acceptors (Lipinski definition) is 2. The summed E-state index contributed by atoms with van der Waals surface area (Å²) in [4.78, 5) is 0. The van der Waals surface area contributed by atoms with Gasteiger partial charge in [-0.05, 0) is 25.1 Å². The number of halogens is 2. The second kappa shape index (κ2) is 3.97. The predicted molar refractivity (Wildman–Crippen MR) is 58.4 cm³/mol. The molecular formula is C10H11Cl2NO. The van der Waals surface area contributed by atoms with E-state index in [9.17, 15) is 0 Å². The van der Waals surface area contributed by atoms with Crippen molar-refractivity contribution in [2.24, 2.45) is 0 Å². The molecule has 1 N–H and O–H groups in total. The molecule has 0 aliphatic carbocycles. The molecule has 1 fully saturated rings. The highest BCUT2D eigenvalue weighted by molar-refractivity contribution is 6.35. The van der Waals surface area contributed by atoms with Crippen LogP contribution in [0.15, 0.2) is 12.1 Å². The van der Waals surface area contributed by atoms with Gasteiger partial charge in [-0.1, -0.05) is 23.2 Å². The predicted octanol–water partition coefficient (Wildman–Crippen LogP) is 3.04. The van der Waals surface area contributed by atoms with Crippen molar-refractivity contribution < 1.29 is 4.74 Å². The second-order valence-electron chi connectivity index (χ2n) is 3.31. The summed E-state index contributed by atoms with van der Waals surface area (Å²) in [6.07, 6.45) is 1.10. The quantitative estimate of drug-likeness (QED) is 0.846. The zero-order valence-corrected chi connectivity index (χ0v) is 9.32. The monoisotopic (exact) mass is 231 g/mol. The first-order chi connectivity index (χ1) is 6.72. The molecule has 1 aliphatic rings. The highest BCUT2D eigenvalue weighted by atomic mass is 35.5. The summed E-state index contributed by atoms with van der Waals surface area (Å²) in [7, 11) is 1.62. The Balaban J connectivity index is 2.44. The van der Waals surface area contributed by atoms with Crippen LogP contribution in [0, 0.1) is 0 Å². The maximum Gasteiger partial charge on any atom is 0.142 e. The Bertz CT molecular complexity index is 350. The van der Waals surface area contributed by atoms with Crippen LogP contribution in [0.3, 0.4) is 0 Å². The normalized spacial score (nSPS) is 20.4. The van der Waals surface area contributed by atoms with Gasteiger partial charge in [0, 0.05) is 16.6 Å². The molecule has 76 valence electrons. The van der Waals surface area contributed by atoms with Crippen LogP contribution in [0.2, 0.25) is 10.0 Å². The minimum Gasteiger partial charge on any atom is -0.495 e. The van der Waals surface area contributed by atoms with Crippen molar-refractivity contribution in [1.82, 2.24) is 5.32 Å². The van der Waals surface area contributed by atoms with E-state index in [-0.39, 0.29) is 0 Å². The van der Waals surface area contributed by atoms with Crippen LogP contribution in [0.25, 0.3) is 0 Å². The van der Waals surface area contributed by atoms with Gasteiger partial charge in [0.25, 0.3) is 0 Å². The molecule has 0 radical (unpaired) electrons. The van der Waals surface area contributed by atoms with Crippen molar-refractivity contribution in [1.29, 1.82) is 0 Å². The standard InChI is InChI=1S/C10H11Cl2NO/c1-14-10-7(9-2-3-13-9)4-6(11)5-8(10)12/h4-5,9,13H,2-3H2,1H3/t9-/m1/s1. The van der Waals surface area contributed by atoms with Crippen LogP contribution in [0.1, 0.15) is 18.0 Å². The lowest BCUT2D eigenvalue weighted by atomic mass is 9.97. The smallest absolute Gasteiger partial charge is 0.142 e. The summed E-state index contributed by atoms with van der Waals surface area (Å²) in [6.45, 7) is 1.04. The molecule has 0 saturated carbocycles. The SMILES string of the molecule is COc1c(Cl)cc(Cl)cc1[C@H]1CCN1. The summed E-state index contributed by atoms with van der Waals surface area (Å²) >= 11 is 12.0. The van der Waals surface area contributed by atoms with Crippen molar-refractivity contribution in [3.05, 3.63) is 27.7 Å². The van der Waals surface area contributed by atoms with Gasteiger partial charge >= 0.3 is 0 Å². The van der Waals surface area contributed by atoms with Gasteiger partial charge in [0.05, 0.1) is 12.1 Å². The molecule has 1 aromatic carbocycles. The van der Waals surface area contributed by atoms with Crippen LogP contribution < -0.4 is 10.1 Å². The summed E-state index contributed by atoms with van der Waals surface area (Å²) < 4.78 is 5.26. The molecule has 1 heterocycles. The second-order valence-corrected chi connectivity index (χ2v) is 4.15. The largest absolute Gasteiger partial charge is 0.495 e. The molecular weight excluding hydrogens is 221 g/mol. The van der Waals surface area contributed by atoms with E-state index in [2.05, 4.69) is 5.32 Å². The first-order valence-electron chi connectivity index (χ1n) is 4.48. The number of benzene rings is 1. The van der Waals surface area contributed by atoms with Crippen molar-refractivity contribution in [2.75, 3.05) is 13.7 Å². The molecule has 0 unspecified atom stereocenters. The van der Waals surface area contributed by atoms with Crippen LogP contribution in [-0.4, -0.2) is 13.7 Å². The average molecular weight is 232 g/mol. The maximum atomic E-state index is 6.02. The van der Waals surface area contributed by atoms with Crippen molar-refractivity contribution in [3.63, 3.8) is 0 Å². The van der Waals surface area contributed by atoms with Crippen molar-refractivity contribution in [3.8, 4) is 5.75 Å². The molecule has 1 atom stereocenters. The first kappa shape index (κ1) is 10.1. The van der Waals surface area contributed by atoms with E-state index < -0.39 is 0 Å². The Morgan fingerprint density at radius 1 is 1.43 bits per heavy atom. The Morgan fingerprint density at radius 3 is 2.64 bits per heavy atom. The molecule has 0 spiro atoms. The molecule has 0 bridgehead atoms. The van der Waals surface area contributed by atoms with Gasteiger partial charge in [-0.25, -0.2) is 0 Å². The molecule has 0 amide bonds. The van der Waals surface area contributed by atoms with Gasteiger partial charge in [0.15, 0.2) is 0 Å². The highest BCUT2D eigenvalue weighted by Crippen LogP contribution is 2.38. The average Bonchev–Trinajstić information content (AvgIpc) is 1.99.